The Kier molecular flexibility index (Phi) is 4.25. The number of methoxy groups -OCH3 is 1. The lowest BCUT2D eigenvalue weighted by atomic mass is 10.1. The lowest BCUT2D eigenvalue weighted by Gasteiger charge is -2.17. The van der Waals surface area contributed by atoms with E-state index in [2.05, 4.69) is 4.72 Å². The lowest BCUT2D eigenvalue weighted by molar-refractivity contribution is -0.139. The molecule has 0 aliphatic heterocycles. The van der Waals surface area contributed by atoms with Crippen molar-refractivity contribution in [2.24, 2.45) is 5.92 Å². The Morgan fingerprint density at radius 2 is 1.86 bits per heavy atom. The zero-order valence-electron chi connectivity index (χ0n) is 12.2. The summed E-state index contributed by atoms with van der Waals surface area (Å²) in [6.45, 7) is 3.33. The average Bonchev–Trinajstić information content (AvgIpc) is 3.18. The van der Waals surface area contributed by atoms with Crippen LogP contribution in [0.5, 0.6) is 5.75 Å². The van der Waals surface area contributed by atoms with Crippen molar-refractivity contribution >= 4 is 16.0 Å². The molecule has 0 heterocycles. The number of hydrogen-bond acceptors (Lipinski definition) is 4. The summed E-state index contributed by atoms with van der Waals surface area (Å²) in [4.78, 5) is 11.3. The van der Waals surface area contributed by atoms with Crippen molar-refractivity contribution in [3.8, 4) is 5.75 Å². The molecule has 0 saturated heterocycles. The van der Waals surface area contributed by atoms with Crippen molar-refractivity contribution in [2.45, 2.75) is 37.6 Å². The van der Waals surface area contributed by atoms with E-state index in [9.17, 15) is 13.2 Å². The van der Waals surface area contributed by atoms with Crippen LogP contribution in [0.3, 0.4) is 0 Å². The van der Waals surface area contributed by atoms with E-state index in [0.717, 1.165) is 12.8 Å². The fourth-order valence-electron chi connectivity index (χ4n) is 2.46. The number of aryl methyl sites for hydroxylation is 2. The standard InChI is InChI=1S/C14H19NO5S/c1-8-6-11(20-3)7-9(2)13(8)21(18,19)15-12(14(16)17)10-4-5-10/h6-7,10,12,15H,4-5H2,1-3H3,(H,16,17). The number of carbonyl (C=O) groups is 1. The highest BCUT2D eigenvalue weighted by atomic mass is 32.2. The van der Waals surface area contributed by atoms with Crippen LogP contribution in [0.25, 0.3) is 0 Å². The van der Waals surface area contributed by atoms with Gasteiger partial charge in [0.05, 0.1) is 12.0 Å². The highest BCUT2D eigenvalue weighted by molar-refractivity contribution is 7.89. The Morgan fingerprint density at radius 3 is 2.24 bits per heavy atom. The molecule has 7 heteroatoms. The smallest absolute Gasteiger partial charge is 0.322 e. The minimum atomic E-state index is -3.88. The van der Waals surface area contributed by atoms with E-state index in [1.54, 1.807) is 26.0 Å². The largest absolute Gasteiger partial charge is 0.497 e. The fourth-order valence-corrected chi connectivity index (χ4v) is 4.17. The van der Waals surface area contributed by atoms with E-state index in [1.165, 1.54) is 7.11 Å². The predicted molar refractivity (Wildman–Crippen MR) is 76.9 cm³/mol. The van der Waals surface area contributed by atoms with Gasteiger partial charge in [0.1, 0.15) is 11.8 Å². The summed E-state index contributed by atoms with van der Waals surface area (Å²) in [5, 5.41) is 9.17. The molecule has 0 amide bonds. The quantitative estimate of drug-likeness (QED) is 0.829. The minimum absolute atomic E-state index is 0.115. The van der Waals surface area contributed by atoms with Gasteiger partial charge in [0.25, 0.3) is 0 Å². The molecular formula is C14H19NO5S. The van der Waals surface area contributed by atoms with Gasteiger partial charge in [-0.2, -0.15) is 4.72 Å². The molecular weight excluding hydrogens is 294 g/mol. The number of nitrogens with one attached hydrogen (secondary N) is 1. The third-order valence-corrected chi connectivity index (χ3v) is 5.33. The van der Waals surface area contributed by atoms with Crippen LogP contribution in [0.4, 0.5) is 0 Å². The summed E-state index contributed by atoms with van der Waals surface area (Å²) in [6.07, 6.45) is 1.47. The lowest BCUT2D eigenvalue weighted by Crippen LogP contribution is -2.42. The van der Waals surface area contributed by atoms with Gasteiger partial charge in [-0.25, -0.2) is 8.42 Å². The summed E-state index contributed by atoms with van der Waals surface area (Å²) in [6, 6.07) is 2.18. The number of hydrogen-bond donors (Lipinski definition) is 2. The van der Waals surface area contributed by atoms with E-state index in [0.29, 0.717) is 16.9 Å². The Morgan fingerprint density at radius 1 is 1.33 bits per heavy atom. The second-order valence-corrected chi connectivity index (χ2v) is 7.02. The molecule has 1 aromatic carbocycles. The van der Waals surface area contributed by atoms with Crippen LogP contribution < -0.4 is 9.46 Å². The summed E-state index contributed by atoms with van der Waals surface area (Å²) in [7, 11) is -2.37. The van der Waals surface area contributed by atoms with Gasteiger partial charge in [-0.3, -0.25) is 4.79 Å². The van der Waals surface area contributed by atoms with Crippen molar-refractivity contribution in [1.82, 2.24) is 4.72 Å². The summed E-state index contributed by atoms with van der Waals surface area (Å²) >= 11 is 0. The van der Waals surface area contributed by atoms with Crippen LogP contribution in [-0.4, -0.2) is 32.6 Å². The van der Waals surface area contributed by atoms with E-state index in [1.807, 2.05) is 0 Å². The minimum Gasteiger partial charge on any atom is -0.497 e. The topological polar surface area (TPSA) is 92.7 Å². The molecule has 1 aliphatic rings. The first-order valence-corrected chi connectivity index (χ1v) is 8.15. The van der Waals surface area contributed by atoms with Crippen LogP contribution >= 0.6 is 0 Å². The van der Waals surface area contributed by atoms with Gasteiger partial charge < -0.3 is 9.84 Å². The van der Waals surface area contributed by atoms with Gasteiger partial charge >= 0.3 is 5.97 Å². The molecule has 116 valence electrons. The molecule has 6 nitrogen and oxygen atoms in total. The molecule has 1 unspecified atom stereocenters. The molecule has 0 bridgehead atoms. The van der Waals surface area contributed by atoms with Crippen molar-refractivity contribution in [3.05, 3.63) is 23.3 Å². The maximum Gasteiger partial charge on any atom is 0.322 e. The Bertz CT molecular complexity index is 641. The third kappa shape index (κ3) is 3.36. The maximum atomic E-state index is 12.5. The Balaban J connectivity index is 2.37. The van der Waals surface area contributed by atoms with Crippen LogP contribution in [0.2, 0.25) is 0 Å². The first-order valence-electron chi connectivity index (χ1n) is 6.66. The molecule has 1 aliphatic carbocycles. The highest BCUT2D eigenvalue weighted by Gasteiger charge is 2.39. The van der Waals surface area contributed by atoms with Gasteiger partial charge in [-0.15, -0.1) is 0 Å². The SMILES string of the molecule is COc1cc(C)c(S(=O)(=O)NC(C(=O)O)C2CC2)c(C)c1. The third-order valence-electron chi connectivity index (χ3n) is 3.58. The monoisotopic (exact) mass is 313 g/mol. The molecule has 2 rings (SSSR count). The molecule has 1 atom stereocenters. The second kappa shape index (κ2) is 5.65. The van der Waals surface area contributed by atoms with Gasteiger partial charge in [-0.05, 0) is 55.9 Å². The Labute approximate surface area is 124 Å². The van der Waals surface area contributed by atoms with E-state index < -0.39 is 22.0 Å². The first-order chi connectivity index (χ1) is 9.76. The molecule has 2 N–H and O–H groups in total. The molecule has 0 spiro atoms. The second-order valence-electron chi connectivity index (χ2n) is 5.36. The van der Waals surface area contributed by atoms with Gasteiger partial charge in [0, 0.05) is 0 Å². The van der Waals surface area contributed by atoms with Crippen LogP contribution in [0.15, 0.2) is 17.0 Å². The fraction of sp³-hybridized carbons (Fsp3) is 0.500. The zero-order valence-corrected chi connectivity index (χ0v) is 13.0. The molecule has 0 radical (unpaired) electrons. The number of carboxylic acid groups (broad SMARTS) is 1. The number of sulfonamides is 1. The number of rotatable bonds is 6. The van der Waals surface area contributed by atoms with Crippen molar-refractivity contribution in [1.29, 1.82) is 0 Å². The van der Waals surface area contributed by atoms with Crippen molar-refractivity contribution in [3.63, 3.8) is 0 Å². The van der Waals surface area contributed by atoms with Crippen LogP contribution in [0, 0.1) is 19.8 Å². The number of ether oxygens (including phenoxy) is 1. The van der Waals surface area contributed by atoms with Crippen LogP contribution in [-0.2, 0) is 14.8 Å². The Hall–Kier alpha value is -1.60. The molecule has 1 fully saturated rings. The maximum absolute atomic E-state index is 12.5. The summed E-state index contributed by atoms with van der Waals surface area (Å²) in [5.74, 6) is -0.679. The first kappa shape index (κ1) is 15.8. The number of benzene rings is 1. The normalized spacial score (nSPS) is 16.5. The van der Waals surface area contributed by atoms with Crippen molar-refractivity contribution < 1.29 is 23.1 Å². The highest BCUT2D eigenvalue weighted by Crippen LogP contribution is 2.34. The number of aliphatic carboxylic acids is 1. The zero-order chi connectivity index (χ0) is 15.8. The summed E-state index contributed by atoms with van der Waals surface area (Å²) in [5.41, 5.74) is 1.05. The van der Waals surface area contributed by atoms with E-state index in [-0.39, 0.29) is 10.8 Å². The van der Waals surface area contributed by atoms with Gasteiger partial charge in [0.15, 0.2) is 0 Å². The number of carboxylic acids is 1. The predicted octanol–water partition coefficient (Wildman–Crippen LogP) is 1.45. The molecule has 1 aromatic rings. The van der Waals surface area contributed by atoms with Gasteiger partial charge in [0.2, 0.25) is 10.0 Å². The average molecular weight is 313 g/mol. The molecule has 21 heavy (non-hydrogen) atoms. The molecule has 1 saturated carbocycles. The van der Waals surface area contributed by atoms with E-state index in [4.69, 9.17) is 9.84 Å². The van der Waals surface area contributed by atoms with E-state index >= 15 is 0 Å². The summed E-state index contributed by atoms with van der Waals surface area (Å²) < 4.78 is 32.4. The van der Waals surface area contributed by atoms with Gasteiger partial charge in [-0.1, -0.05) is 0 Å². The van der Waals surface area contributed by atoms with Crippen molar-refractivity contribution in [2.75, 3.05) is 7.11 Å². The molecule has 0 aromatic heterocycles. The van der Waals surface area contributed by atoms with Crippen LogP contribution in [0.1, 0.15) is 24.0 Å².